The highest BCUT2D eigenvalue weighted by molar-refractivity contribution is 5.76. The Balaban J connectivity index is 0.00000208. The maximum Gasteiger partial charge on any atom is 0.280 e. The monoisotopic (exact) mass is 344 g/mol. The van der Waals surface area contributed by atoms with Crippen molar-refractivity contribution in [1.82, 2.24) is 4.68 Å². The van der Waals surface area contributed by atoms with Crippen LogP contribution in [0.25, 0.3) is 22.5 Å². The molecular weight excluding hydrogens is 324 g/mol. The lowest BCUT2D eigenvalue weighted by molar-refractivity contribution is -0.740. The number of methoxy groups -OCH3 is 2. The van der Waals surface area contributed by atoms with Gasteiger partial charge in [-0.05, 0) is 36.4 Å². The maximum absolute atomic E-state index is 5.77. The molecule has 3 rings (SSSR count). The second kappa shape index (κ2) is 7.41. The lowest BCUT2D eigenvalue weighted by atomic mass is 10.1. The number of halogens is 1. The van der Waals surface area contributed by atoms with Gasteiger partial charge in [0, 0.05) is 5.56 Å². The van der Waals surface area contributed by atoms with Gasteiger partial charge >= 0.3 is 0 Å². The summed E-state index contributed by atoms with van der Waals surface area (Å²) in [5.74, 6) is 1.71. The van der Waals surface area contributed by atoms with Crippen molar-refractivity contribution in [3.63, 3.8) is 0 Å². The second-order valence-corrected chi connectivity index (χ2v) is 5.37. The summed E-state index contributed by atoms with van der Waals surface area (Å²) in [7, 11) is 7.47. The quantitative estimate of drug-likeness (QED) is 0.633. The van der Waals surface area contributed by atoms with Crippen molar-refractivity contribution < 1.29 is 26.6 Å². The van der Waals surface area contributed by atoms with Crippen molar-refractivity contribution in [2.75, 3.05) is 14.2 Å². The van der Waals surface area contributed by atoms with Gasteiger partial charge in [-0.2, -0.15) is 4.68 Å². The molecule has 1 heterocycles. The molecule has 0 saturated carbocycles. The van der Waals surface area contributed by atoms with Crippen LogP contribution in [0.5, 0.6) is 11.5 Å². The molecule has 0 saturated heterocycles. The molecule has 0 atom stereocenters. The Morgan fingerprint density at radius 3 is 2.00 bits per heavy atom. The van der Waals surface area contributed by atoms with Gasteiger partial charge in [0.05, 0.1) is 26.8 Å². The van der Waals surface area contributed by atoms with E-state index >= 15 is 0 Å². The van der Waals surface area contributed by atoms with Crippen molar-refractivity contribution >= 4 is 0 Å². The molecular formula is C19H21ClN2O2. The Morgan fingerprint density at radius 1 is 0.833 bits per heavy atom. The lowest BCUT2D eigenvalue weighted by Crippen LogP contribution is -3.00. The molecule has 0 bridgehead atoms. The van der Waals surface area contributed by atoms with Gasteiger partial charge < -0.3 is 21.9 Å². The molecule has 0 radical (unpaired) electrons. The third kappa shape index (κ3) is 2.97. The second-order valence-electron chi connectivity index (χ2n) is 5.37. The van der Waals surface area contributed by atoms with Crippen molar-refractivity contribution in [2.24, 2.45) is 14.1 Å². The summed E-state index contributed by atoms with van der Waals surface area (Å²) in [4.78, 5) is 0. The molecule has 0 fully saturated rings. The van der Waals surface area contributed by atoms with Crippen LogP contribution >= 0.6 is 0 Å². The standard InChI is InChI=1S/C19H21N2O2.ClH/c1-20-17(14-8-6-5-7-9-14)19(23-4)18(21(20)2)15-10-12-16(22-3)13-11-15;/h5-13H,1-4H3;1H/q+1;/p-1. The van der Waals surface area contributed by atoms with Gasteiger partial charge in [-0.1, -0.05) is 18.2 Å². The minimum atomic E-state index is 0. The molecule has 0 N–H and O–H groups in total. The number of ether oxygens (including phenoxy) is 2. The minimum absolute atomic E-state index is 0. The Hall–Kier alpha value is -2.46. The molecule has 0 amide bonds. The summed E-state index contributed by atoms with van der Waals surface area (Å²) in [5, 5.41) is 0. The summed E-state index contributed by atoms with van der Waals surface area (Å²) in [6.07, 6.45) is 0. The Kier molecular flexibility index (Phi) is 5.52. The molecule has 0 aliphatic heterocycles. The summed E-state index contributed by atoms with van der Waals surface area (Å²) < 4.78 is 15.2. The number of nitrogens with zero attached hydrogens (tertiary/aromatic N) is 2. The van der Waals surface area contributed by atoms with Gasteiger partial charge in [-0.3, -0.25) is 0 Å². The number of hydrogen-bond donors (Lipinski definition) is 0. The fourth-order valence-electron chi connectivity index (χ4n) is 2.88. The van der Waals surface area contributed by atoms with E-state index < -0.39 is 0 Å². The van der Waals surface area contributed by atoms with Crippen molar-refractivity contribution in [3.8, 4) is 34.0 Å². The molecule has 0 unspecified atom stereocenters. The highest BCUT2D eigenvalue weighted by Gasteiger charge is 2.29. The van der Waals surface area contributed by atoms with Crippen LogP contribution in [0.1, 0.15) is 0 Å². The summed E-state index contributed by atoms with van der Waals surface area (Å²) in [6.45, 7) is 0. The summed E-state index contributed by atoms with van der Waals surface area (Å²) in [5.41, 5.74) is 4.31. The van der Waals surface area contributed by atoms with Crippen LogP contribution in [0, 0.1) is 0 Å². The lowest BCUT2D eigenvalue weighted by Gasteiger charge is -2.04. The number of aromatic nitrogens is 2. The molecule has 0 spiro atoms. The van der Waals surface area contributed by atoms with E-state index in [0.29, 0.717) is 0 Å². The fourth-order valence-corrected chi connectivity index (χ4v) is 2.88. The van der Waals surface area contributed by atoms with Crippen LogP contribution < -0.4 is 26.6 Å². The van der Waals surface area contributed by atoms with E-state index in [2.05, 4.69) is 21.5 Å². The number of rotatable bonds is 4. The van der Waals surface area contributed by atoms with Gasteiger partial charge in [0.25, 0.3) is 5.69 Å². The Bertz CT molecular complexity index is 812. The molecule has 24 heavy (non-hydrogen) atoms. The van der Waals surface area contributed by atoms with E-state index in [9.17, 15) is 0 Å². The van der Waals surface area contributed by atoms with Crippen LogP contribution in [0.4, 0.5) is 0 Å². The van der Waals surface area contributed by atoms with E-state index in [4.69, 9.17) is 9.47 Å². The van der Waals surface area contributed by atoms with E-state index in [-0.39, 0.29) is 12.4 Å². The van der Waals surface area contributed by atoms with Crippen LogP contribution in [-0.4, -0.2) is 18.9 Å². The van der Waals surface area contributed by atoms with Gasteiger partial charge in [0.2, 0.25) is 5.75 Å². The smallest absolute Gasteiger partial charge is 0.280 e. The third-order valence-corrected chi connectivity index (χ3v) is 4.14. The normalized spacial score (nSPS) is 10.2. The van der Waals surface area contributed by atoms with Crippen molar-refractivity contribution in [1.29, 1.82) is 0 Å². The van der Waals surface area contributed by atoms with E-state index in [1.165, 1.54) is 0 Å². The minimum Gasteiger partial charge on any atom is -1.00 e. The van der Waals surface area contributed by atoms with Crippen molar-refractivity contribution in [3.05, 3.63) is 54.6 Å². The van der Waals surface area contributed by atoms with Gasteiger partial charge in [0.1, 0.15) is 5.75 Å². The molecule has 0 aliphatic carbocycles. The van der Waals surface area contributed by atoms with Gasteiger partial charge in [-0.15, -0.1) is 4.68 Å². The van der Waals surface area contributed by atoms with Crippen LogP contribution in [-0.2, 0) is 14.1 Å². The predicted octanol–water partition coefficient (Wildman–Crippen LogP) is 0.205. The zero-order valence-corrected chi connectivity index (χ0v) is 15.0. The average molecular weight is 345 g/mol. The fraction of sp³-hybridized carbons (Fsp3) is 0.211. The first-order valence-corrected chi connectivity index (χ1v) is 7.50. The first-order valence-electron chi connectivity index (χ1n) is 7.50. The summed E-state index contributed by atoms with van der Waals surface area (Å²) >= 11 is 0. The highest BCUT2D eigenvalue weighted by atomic mass is 35.5. The molecule has 4 nitrogen and oxygen atoms in total. The highest BCUT2D eigenvalue weighted by Crippen LogP contribution is 2.37. The molecule has 126 valence electrons. The van der Waals surface area contributed by atoms with Gasteiger partial charge in [0.15, 0.2) is 12.7 Å². The maximum atomic E-state index is 5.77. The number of benzene rings is 2. The number of hydrogen-bond acceptors (Lipinski definition) is 2. The van der Waals surface area contributed by atoms with Gasteiger partial charge in [-0.25, -0.2) is 0 Å². The summed E-state index contributed by atoms with van der Waals surface area (Å²) in [6, 6.07) is 18.3. The van der Waals surface area contributed by atoms with E-state index in [0.717, 1.165) is 34.0 Å². The first-order chi connectivity index (χ1) is 11.2. The Morgan fingerprint density at radius 2 is 1.46 bits per heavy atom. The van der Waals surface area contributed by atoms with Crippen LogP contribution in [0.15, 0.2) is 54.6 Å². The topological polar surface area (TPSA) is 27.3 Å². The van der Waals surface area contributed by atoms with Crippen LogP contribution in [0.2, 0.25) is 0 Å². The van der Waals surface area contributed by atoms with Crippen LogP contribution in [0.3, 0.4) is 0 Å². The molecule has 2 aromatic carbocycles. The average Bonchev–Trinajstić information content (AvgIpc) is 2.86. The van der Waals surface area contributed by atoms with E-state index in [1.807, 2.05) is 56.6 Å². The predicted molar refractivity (Wildman–Crippen MR) is 90.6 cm³/mol. The van der Waals surface area contributed by atoms with Crippen molar-refractivity contribution in [2.45, 2.75) is 0 Å². The molecule has 5 heteroatoms. The van der Waals surface area contributed by atoms with E-state index in [1.54, 1.807) is 14.2 Å². The molecule has 0 aliphatic rings. The molecule has 1 aromatic heterocycles. The third-order valence-electron chi connectivity index (χ3n) is 4.14. The zero-order valence-electron chi connectivity index (χ0n) is 14.3. The largest absolute Gasteiger partial charge is 1.00 e. The first kappa shape index (κ1) is 17.9. The Labute approximate surface area is 148 Å². The molecule has 3 aromatic rings. The SMILES string of the molecule is COc1ccc(-c2c(OC)c(-c3ccccc3)[n+](C)n2C)cc1.[Cl-]. The zero-order chi connectivity index (χ0) is 16.4.